The van der Waals surface area contributed by atoms with Crippen LogP contribution in [0.1, 0.15) is 50.9 Å². The van der Waals surface area contributed by atoms with E-state index in [0.717, 1.165) is 11.4 Å². The highest BCUT2D eigenvalue weighted by Crippen LogP contribution is 2.28. The maximum absolute atomic E-state index is 9.34. The lowest BCUT2D eigenvalue weighted by Gasteiger charge is -2.14. The molecule has 3 N–H and O–H groups in total. The van der Waals surface area contributed by atoms with E-state index in [-0.39, 0.29) is 17.8 Å². The molecule has 0 aromatic carbocycles. The lowest BCUT2D eigenvalue weighted by molar-refractivity contribution is 0.423. The van der Waals surface area contributed by atoms with E-state index < -0.39 is 0 Å². The standard InChI is InChI=1S/C10H17N3O/c1-5(2)8-7(11)9(6(3)4)13-10(14)12-8/h5-6H,11H2,1-4H3,(H,12,13,14). The molecule has 0 bridgehead atoms. The highest BCUT2D eigenvalue weighted by atomic mass is 16.3. The normalized spacial score (nSPS) is 11.3. The van der Waals surface area contributed by atoms with Crippen LogP contribution < -0.4 is 5.73 Å². The first-order valence-corrected chi connectivity index (χ1v) is 4.79. The number of rotatable bonds is 2. The molecule has 4 heteroatoms. The summed E-state index contributed by atoms with van der Waals surface area (Å²) in [6.07, 6.45) is 0. The number of nitrogen functional groups attached to an aromatic ring is 1. The van der Waals surface area contributed by atoms with Crippen LogP contribution in [0.25, 0.3) is 0 Å². The number of aromatic nitrogens is 2. The second-order valence-electron chi connectivity index (χ2n) is 4.02. The zero-order valence-corrected chi connectivity index (χ0v) is 9.07. The number of anilines is 1. The minimum absolute atomic E-state index is 0.188. The van der Waals surface area contributed by atoms with Crippen molar-refractivity contribution in [1.29, 1.82) is 0 Å². The van der Waals surface area contributed by atoms with Crippen molar-refractivity contribution in [3.8, 4) is 6.01 Å². The molecule has 0 aliphatic carbocycles. The van der Waals surface area contributed by atoms with Gasteiger partial charge in [-0.15, -0.1) is 0 Å². The highest BCUT2D eigenvalue weighted by molar-refractivity contribution is 5.50. The Balaban J connectivity index is 3.32. The van der Waals surface area contributed by atoms with Crippen LogP contribution in [0, 0.1) is 0 Å². The van der Waals surface area contributed by atoms with E-state index in [4.69, 9.17) is 5.73 Å². The van der Waals surface area contributed by atoms with Crippen molar-refractivity contribution in [2.75, 3.05) is 5.73 Å². The molecule has 0 aliphatic rings. The van der Waals surface area contributed by atoms with E-state index >= 15 is 0 Å². The molecule has 1 heterocycles. The Labute approximate surface area is 84.2 Å². The summed E-state index contributed by atoms with van der Waals surface area (Å²) in [7, 11) is 0. The Kier molecular flexibility index (Phi) is 2.93. The molecule has 0 saturated heterocycles. The summed E-state index contributed by atoms with van der Waals surface area (Å²) in [5, 5.41) is 9.34. The first kappa shape index (κ1) is 10.8. The largest absolute Gasteiger partial charge is 0.479 e. The van der Waals surface area contributed by atoms with E-state index in [2.05, 4.69) is 9.97 Å². The minimum Gasteiger partial charge on any atom is -0.479 e. The third-order valence-corrected chi connectivity index (χ3v) is 2.09. The van der Waals surface area contributed by atoms with E-state index in [9.17, 15) is 5.11 Å². The molecule has 0 unspecified atom stereocenters. The molecular formula is C10H17N3O. The van der Waals surface area contributed by atoms with Crippen molar-refractivity contribution in [2.45, 2.75) is 39.5 Å². The fourth-order valence-corrected chi connectivity index (χ4v) is 1.37. The Morgan fingerprint density at radius 2 is 1.36 bits per heavy atom. The molecule has 0 aliphatic heterocycles. The smallest absolute Gasteiger partial charge is 0.314 e. The number of nitrogens with zero attached hydrogens (tertiary/aromatic N) is 2. The highest BCUT2D eigenvalue weighted by Gasteiger charge is 2.15. The molecule has 1 aromatic rings. The van der Waals surface area contributed by atoms with Crippen LogP contribution in [0.4, 0.5) is 5.69 Å². The maximum Gasteiger partial charge on any atom is 0.314 e. The summed E-state index contributed by atoms with van der Waals surface area (Å²) in [5.41, 5.74) is 7.97. The Morgan fingerprint density at radius 1 is 1.00 bits per heavy atom. The summed E-state index contributed by atoms with van der Waals surface area (Å²) >= 11 is 0. The SMILES string of the molecule is CC(C)c1nc(O)nc(C(C)C)c1N. The molecule has 0 fully saturated rings. The lowest BCUT2D eigenvalue weighted by Crippen LogP contribution is -2.08. The number of hydrogen-bond acceptors (Lipinski definition) is 4. The van der Waals surface area contributed by atoms with E-state index in [1.165, 1.54) is 0 Å². The molecular weight excluding hydrogens is 178 g/mol. The maximum atomic E-state index is 9.34. The van der Waals surface area contributed by atoms with E-state index in [1.54, 1.807) is 0 Å². The van der Waals surface area contributed by atoms with Gasteiger partial charge in [-0.2, -0.15) is 9.97 Å². The average Bonchev–Trinajstić information content (AvgIpc) is 2.07. The van der Waals surface area contributed by atoms with E-state index in [1.807, 2.05) is 27.7 Å². The van der Waals surface area contributed by atoms with Gasteiger partial charge >= 0.3 is 6.01 Å². The Hall–Kier alpha value is -1.32. The zero-order chi connectivity index (χ0) is 10.9. The van der Waals surface area contributed by atoms with Crippen molar-refractivity contribution in [3.05, 3.63) is 11.4 Å². The molecule has 0 saturated carbocycles. The Morgan fingerprint density at radius 3 is 1.64 bits per heavy atom. The molecule has 14 heavy (non-hydrogen) atoms. The van der Waals surface area contributed by atoms with Crippen molar-refractivity contribution in [2.24, 2.45) is 0 Å². The first-order chi connectivity index (χ1) is 6.43. The van der Waals surface area contributed by atoms with Gasteiger partial charge in [0.25, 0.3) is 0 Å². The van der Waals surface area contributed by atoms with Crippen molar-refractivity contribution in [3.63, 3.8) is 0 Å². The van der Waals surface area contributed by atoms with E-state index in [0.29, 0.717) is 5.69 Å². The van der Waals surface area contributed by atoms with Gasteiger partial charge in [-0.1, -0.05) is 27.7 Å². The predicted molar refractivity (Wildman–Crippen MR) is 56.3 cm³/mol. The molecule has 0 atom stereocenters. The first-order valence-electron chi connectivity index (χ1n) is 4.79. The van der Waals surface area contributed by atoms with Crippen molar-refractivity contribution >= 4 is 5.69 Å². The van der Waals surface area contributed by atoms with Gasteiger partial charge in [-0.25, -0.2) is 0 Å². The van der Waals surface area contributed by atoms with Crippen LogP contribution in [-0.4, -0.2) is 15.1 Å². The summed E-state index contributed by atoms with van der Waals surface area (Å²) in [6, 6.07) is -0.188. The monoisotopic (exact) mass is 195 g/mol. The van der Waals surface area contributed by atoms with Gasteiger partial charge in [0.05, 0.1) is 17.1 Å². The van der Waals surface area contributed by atoms with Gasteiger partial charge < -0.3 is 10.8 Å². The summed E-state index contributed by atoms with van der Waals surface area (Å²) in [6.45, 7) is 7.95. The summed E-state index contributed by atoms with van der Waals surface area (Å²) < 4.78 is 0. The van der Waals surface area contributed by atoms with Gasteiger partial charge in [-0.3, -0.25) is 0 Å². The summed E-state index contributed by atoms with van der Waals surface area (Å²) in [4.78, 5) is 7.87. The number of hydrogen-bond donors (Lipinski definition) is 2. The van der Waals surface area contributed by atoms with Crippen LogP contribution in [0.15, 0.2) is 0 Å². The van der Waals surface area contributed by atoms with Gasteiger partial charge in [0.2, 0.25) is 0 Å². The fraction of sp³-hybridized carbons (Fsp3) is 0.600. The Bertz CT molecular complexity index is 305. The van der Waals surface area contributed by atoms with Gasteiger partial charge in [0, 0.05) is 0 Å². The van der Waals surface area contributed by atoms with Crippen molar-refractivity contribution in [1.82, 2.24) is 9.97 Å². The third-order valence-electron chi connectivity index (χ3n) is 2.09. The zero-order valence-electron chi connectivity index (χ0n) is 9.07. The molecule has 0 spiro atoms. The van der Waals surface area contributed by atoms with Gasteiger partial charge in [0.15, 0.2) is 0 Å². The van der Waals surface area contributed by atoms with Crippen molar-refractivity contribution < 1.29 is 5.11 Å². The quantitative estimate of drug-likeness (QED) is 0.757. The molecule has 1 rings (SSSR count). The van der Waals surface area contributed by atoms with Crippen LogP contribution in [0.2, 0.25) is 0 Å². The molecule has 78 valence electrons. The van der Waals surface area contributed by atoms with Crippen LogP contribution in [-0.2, 0) is 0 Å². The second-order valence-corrected chi connectivity index (χ2v) is 4.02. The molecule has 4 nitrogen and oxygen atoms in total. The van der Waals surface area contributed by atoms with Crippen LogP contribution >= 0.6 is 0 Å². The van der Waals surface area contributed by atoms with Gasteiger partial charge in [-0.05, 0) is 11.8 Å². The topological polar surface area (TPSA) is 72.0 Å². The lowest BCUT2D eigenvalue weighted by atomic mass is 10.0. The predicted octanol–water partition coefficient (Wildman–Crippen LogP) is 2.01. The van der Waals surface area contributed by atoms with Gasteiger partial charge in [0.1, 0.15) is 0 Å². The number of nitrogens with two attached hydrogens (primary N) is 1. The van der Waals surface area contributed by atoms with Crippen LogP contribution in [0.3, 0.4) is 0 Å². The average molecular weight is 195 g/mol. The minimum atomic E-state index is -0.188. The second kappa shape index (κ2) is 3.82. The fourth-order valence-electron chi connectivity index (χ4n) is 1.37. The molecule has 0 radical (unpaired) electrons. The number of aromatic hydroxyl groups is 1. The third kappa shape index (κ3) is 1.95. The van der Waals surface area contributed by atoms with Crippen LogP contribution in [0.5, 0.6) is 6.01 Å². The molecule has 0 amide bonds. The molecule has 1 aromatic heterocycles. The summed E-state index contributed by atoms with van der Waals surface area (Å²) in [5.74, 6) is 0.391.